The number of carbonyl (C=O) groups excluding carboxylic acids is 1. The van der Waals surface area contributed by atoms with Gasteiger partial charge in [-0.2, -0.15) is 0 Å². The normalized spacial score (nSPS) is 13.2. The van der Waals surface area contributed by atoms with E-state index in [2.05, 4.69) is 35.8 Å². The minimum Gasteiger partial charge on any atom is -0.311 e. The maximum absolute atomic E-state index is 13.0. The van der Waals surface area contributed by atoms with Gasteiger partial charge in [0.25, 0.3) is 0 Å². The lowest BCUT2D eigenvalue weighted by Crippen LogP contribution is -2.36. The summed E-state index contributed by atoms with van der Waals surface area (Å²) in [5.74, 6) is 1.24. The second kappa shape index (κ2) is 8.66. The number of hydrogen-bond acceptors (Lipinski definition) is 4. The van der Waals surface area contributed by atoms with E-state index in [-0.39, 0.29) is 5.91 Å². The van der Waals surface area contributed by atoms with Crippen LogP contribution in [0.4, 0.5) is 5.69 Å². The Hall–Kier alpha value is -2.86. The fourth-order valence-corrected chi connectivity index (χ4v) is 4.53. The third kappa shape index (κ3) is 3.98. The number of carbonyl (C=O) groups is 1. The Kier molecular flexibility index (Phi) is 5.81. The molecule has 0 unspecified atom stereocenters. The lowest BCUT2D eigenvalue weighted by molar-refractivity contribution is -0.116. The average Bonchev–Trinajstić information content (AvgIpc) is 3.14. The maximum Gasteiger partial charge on any atom is 0.237 e. The van der Waals surface area contributed by atoms with E-state index in [1.807, 2.05) is 51.9 Å². The summed E-state index contributed by atoms with van der Waals surface area (Å²) in [7, 11) is 0. The summed E-state index contributed by atoms with van der Waals surface area (Å²) in [5, 5.41) is 9.52. The van der Waals surface area contributed by atoms with E-state index in [4.69, 9.17) is 0 Å². The molecule has 2 heterocycles. The lowest BCUT2D eigenvalue weighted by atomic mass is 10.0. The second-order valence-electron chi connectivity index (χ2n) is 7.09. The van der Waals surface area contributed by atoms with Crippen LogP contribution in [0.15, 0.2) is 66.3 Å². The first-order chi connectivity index (χ1) is 14.2. The zero-order valence-corrected chi connectivity index (χ0v) is 17.4. The summed E-state index contributed by atoms with van der Waals surface area (Å²) in [5.41, 5.74) is 4.47. The number of para-hydroxylation sites is 1. The molecule has 0 bridgehead atoms. The predicted octanol–water partition coefficient (Wildman–Crippen LogP) is 4.51. The number of rotatable bonds is 6. The number of nitrogens with zero attached hydrogens (tertiary/aromatic N) is 4. The molecule has 0 radical (unpaired) electrons. The van der Waals surface area contributed by atoms with Crippen molar-refractivity contribution in [2.24, 2.45) is 0 Å². The molecule has 1 aliphatic heterocycles. The third-order valence-corrected chi connectivity index (χ3v) is 6.10. The van der Waals surface area contributed by atoms with Crippen molar-refractivity contribution in [3.8, 4) is 11.4 Å². The Bertz CT molecular complexity index is 1040. The van der Waals surface area contributed by atoms with Crippen LogP contribution in [0.3, 0.4) is 0 Å². The van der Waals surface area contributed by atoms with Gasteiger partial charge in [-0.25, -0.2) is 0 Å². The number of anilines is 1. The topological polar surface area (TPSA) is 51.0 Å². The third-order valence-electron chi connectivity index (χ3n) is 5.15. The number of thioether (sulfide) groups is 1. The van der Waals surface area contributed by atoms with Gasteiger partial charge in [0.15, 0.2) is 11.0 Å². The van der Waals surface area contributed by atoms with Crippen LogP contribution in [0.1, 0.15) is 17.5 Å². The Morgan fingerprint density at radius 2 is 1.97 bits per heavy atom. The summed E-state index contributed by atoms with van der Waals surface area (Å²) in [4.78, 5) is 14.9. The molecule has 1 amide bonds. The molecule has 0 spiro atoms. The first-order valence-electron chi connectivity index (χ1n) is 9.80. The van der Waals surface area contributed by atoms with Crippen molar-refractivity contribution >= 4 is 23.4 Å². The highest BCUT2D eigenvalue weighted by Gasteiger charge is 2.23. The van der Waals surface area contributed by atoms with Crippen molar-refractivity contribution in [2.75, 3.05) is 17.2 Å². The molecule has 0 fully saturated rings. The monoisotopic (exact) mass is 404 g/mol. The van der Waals surface area contributed by atoms with Gasteiger partial charge in [0.05, 0.1) is 5.75 Å². The van der Waals surface area contributed by atoms with Crippen molar-refractivity contribution in [2.45, 2.75) is 31.5 Å². The van der Waals surface area contributed by atoms with Crippen LogP contribution >= 0.6 is 11.8 Å². The van der Waals surface area contributed by atoms with Gasteiger partial charge in [0.1, 0.15) is 0 Å². The first kappa shape index (κ1) is 19.5. The summed E-state index contributed by atoms with van der Waals surface area (Å²) in [6.07, 6.45) is 3.86. The number of hydrogen-bond donors (Lipinski definition) is 0. The summed E-state index contributed by atoms with van der Waals surface area (Å²) in [6, 6.07) is 16.3. The summed E-state index contributed by atoms with van der Waals surface area (Å²) in [6.45, 7) is 7.29. The van der Waals surface area contributed by atoms with Crippen LogP contribution in [0.25, 0.3) is 11.4 Å². The van der Waals surface area contributed by atoms with Crippen molar-refractivity contribution in [1.29, 1.82) is 0 Å². The summed E-state index contributed by atoms with van der Waals surface area (Å²) >= 11 is 1.44. The molecule has 0 saturated heterocycles. The van der Waals surface area contributed by atoms with Crippen LogP contribution < -0.4 is 4.90 Å². The Balaban J connectivity index is 1.54. The van der Waals surface area contributed by atoms with Gasteiger partial charge in [0, 0.05) is 24.3 Å². The highest BCUT2D eigenvalue weighted by molar-refractivity contribution is 7.99. The van der Waals surface area contributed by atoms with Crippen LogP contribution in [0.2, 0.25) is 0 Å². The minimum atomic E-state index is 0.104. The van der Waals surface area contributed by atoms with E-state index in [1.165, 1.54) is 17.3 Å². The van der Waals surface area contributed by atoms with Gasteiger partial charge in [-0.05, 0) is 37.0 Å². The minimum absolute atomic E-state index is 0.104. The largest absolute Gasteiger partial charge is 0.311 e. The van der Waals surface area contributed by atoms with E-state index < -0.39 is 0 Å². The second-order valence-corrected chi connectivity index (χ2v) is 8.03. The number of aryl methyl sites for hydroxylation is 2. The predicted molar refractivity (Wildman–Crippen MR) is 118 cm³/mol. The molecule has 6 heteroatoms. The molecule has 0 saturated carbocycles. The van der Waals surface area contributed by atoms with Crippen molar-refractivity contribution in [3.05, 3.63) is 72.3 Å². The summed E-state index contributed by atoms with van der Waals surface area (Å²) < 4.78 is 2.03. The molecular weight excluding hydrogens is 380 g/mol. The Morgan fingerprint density at radius 3 is 2.79 bits per heavy atom. The molecule has 1 aliphatic rings. The van der Waals surface area contributed by atoms with Crippen LogP contribution in [0.5, 0.6) is 0 Å². The van der Waals surface area contributed by atoms with Gasteiger partial charge in [0.2, 0.25) is 5.91 Å². The van der Waals surface area contributed by atoms with Gasteiger partial charge >= 0.3 is 0 Å². The average molecular weight is 405 g/mol. The SMILES string of the molecule is C=CCn1c(SCC(=O)N2CCCc3ccccc32)nnc1-c1ccccc1C. The Morgan fingerprint density at radius 1 is 1.17 bits per heavy atom. The van der Waals surface area contributed by atoms with Gasteiger partial charge in [-0.3, -0.25) is 9.36 Å². The molecule has 29 heavy (non-hydrogen) atoms. The number of allylic oxidation sites excluding steroid dienone is 1. The van der Waals surface area contributed by atoms with Crippen molar-refractivity contribution in [1.82, 2.24) is 14.8 Å². The van der Waals surface area contributed by atoms with Crippen LogP contribution in [0, 0.1) is 6.92 Å². The van der Waals surface area contributed by atoms with Crippen LogP contribution in [-0.2, 0) is 17.8 Å². The van der Waals surface area contributed by atoms with Crippen molar-refractivity contribution < 1.29 is 4.79 Å². The molecule has 0 atom stereocenters. The molecule has 4 rings (SSSR count). The first-order valence-corrected chi connectivity index (χ1v) is 10.8. The number of aromatic nitrogens is 3. The zero-order valence-electron chi connectivity index (χ0n) is 16.5. The van der Waals surface area contributed by atoms with Gasteiger partial charge < -0.3 is 4.90 Å². The molecule has 2 aromatic carbocycles. The fourth-order valence-electron chi connectivity index (χ4n) is 3.71. The van der Waals surface area contributed by atoms with Gasteiger partial charge in [-0.1, -0.05) is 60.3 Å². The van der Waals surface area contributed by atoms with E-state index in [0.29, 0.717) is 12.3 Å². The number of benzene rings is 2. The van der Waals surface area contributed by atoms with Crippen LogP contribution in [-0.4, -0.2) is 33.0 Å². The van der Waals surface area contributed by atoms with Crippen molar-refractivity contribution in [3.63, 3.8) is 0 Å². The highest BCUT2D eigenvalue weighted by atomic mass is 32.2. The molecule has 148 valence electrons. The molecule has 5 nitrogen and oxygen atoms in total. The molecular formula is C23H24N4OS. The van der Waals surface area contributed by atoms with E-state index >= 15 is 0 Å². The number of fused-ring (bicyclic) bond motifs is 1. The Labute approximate surface area is 175 Å². The molecule has 1 aromatic heterocycles. The fraction of sp³-hybridized carbons (Fsp3) is 0.261. The quantitative estimate of drug-likeness (QED) is 0.448. The standard InChI is InChI=1S/C23H24N4OS/c1-3-14-27-22(19-12-6-4-9-17(19)2)24-25-23(27)29-16-21(28)26-15-8-11-18-10-5-7-13-20(18)26/h3-7,9-10,12-13H,1,8,11,14-16H2,2H3. The molecule has 3 aromatic rings. The van der Waals surface area contributed by atoms with E-state index in [0.717, 1.165) is 47.2 Å². The number of amides is 1. The molecule has 0 N–H and O–H groups in total. The zero-order chi connectivity index (χ0) is 20.2. The van der Waals surface area contributed by atoms with E-state index in [1.54, 1.807) is 0 Å². The highest BCUT2D eigenvalue weighted by Crippen LogP contribution is 2.29. The molecule has 0 aliphatic carbocycles. The smallest absolute Gasteiger partial charge is 0.237 e. The van der Waals surface area contributed by atoms with Gasteiger partial charge in [-0.15, -0.1) is 16.8 Å². The lowest BCUT2D eigenvalue weighted by Gasteiger charge is -2.29. The van der Waals surface area contributed by atoms with E-state index in [9.17, 15) is 4.79 Å². The maximum atomic E-state index is 13.0.